The summed E-state index contributed by atoms with van der Waals surface area (Å²) in [6.07, 6.45) is -0.429. The molecule has 3 aromatic rings. The molecule has 0 amide bonds. The van der Waals surface area contributed by atoms with E-state index in [1.807, 2.05) is 95.5 Å². The van der Waals surface area contributed by atoms with Crippen LogP contribution >= 0.6 is 0 Å². The van der Waals surface area contributed by atoms with Gasteiger partial charge in [0.05, 0.1) is 11.6 Å². The van der Waals surface area contributed by atoms with Crippen LogP contribution in [0.25, 0.3) is 0 Å². The predicted octanol–water partition coefficient (Wildman–Crippen LogP) is 5.81. The Morgan fingerprint density at radius 3 is 1.76 bits per heavy atom. The Bertz CT molecular complexity index is 942. The molecule has 0 bridgehead atoms. The lowest BCUT2D eigenvalue weighted by Gasteiger charge is -2.33. The largest absolute Gasteiger partial charge is 0.452 e. The minimum atomic E-state index is -0.429. The molecule has 29 heavy (non-hydrogen) atoms. The van der Waals surface area contributed by atoms with Crippen LogP contribution in [0.5, 0.6) is 0 Å². The number of ether oxygens (including phenoxy) is 1. The van der Waals surface area contributed by atoms with Gasteiger partial charge in [0.2, 0.25) is 0 Å². The predicted molar refractivity (Wildman–Crippen MR) is 118 cm³/mol. The Balaban J connectivity index is 2.04. The van der Waals surface area contributed by atoms with Crippen LogP contribution in [-0.4, -0.2) is 25.0 Å². The zero-order valence-corrected chi connectivity index (χ0v) is 17.8. The number of hydrogen-bond acceptors (Lipinski definition) is 3. The molecule has 0 saturated carbocycles. The van der Waals surface area contributed by atoms with Gasteiger partial charge in [-0.05, 0) is 57.1 Å². The molecule has 3 nitrogen and oxygen atoms in total. The lowest BCUT2D eigenvalue weighted by molar-refractivity contribution is 0.00480. The van der Waals surface area contributed by atoms with Gasteiger partial charge in [0, 0.05) is 0 Å². The first-order valence-corrected chi connectivity index (χ1v) is 9.93. The van der Waals surface area contributed by atoms with Gasteiger partial charge in [-0.1, -0.05) is 78.4 Å². The zero-order valence-electron chi connectivity index (χ0n) is 17.8. The Hall–Kier alpha value is -2.91. The van der Waals surface area contributed by atoms with E-state index in [0.29, 0.717) is 5.56 Å². The number of nitrogens with zero attached hydrogens (tertiary/aromatic N) is 1. The molecule has 0 radical (unpaired) electrons. The van der Waals surface area contributed by atoms with Crippen molar-refractivity contribution in [3.05, 3.63) is 106 Å². The van der Waals surface area contributed by atoms with Gasteiger partial charge in [-0.25, -0.2) is 4.79 Å². The van der Waals surface area contributed by atoms with Gasteiger partial charge in [-0.3, -0.25) is 4.90 Å². The SMILES string of the molecule is Cc1cc(C)c(C(=O)OC(c2ccccc2)C(c2ccccc2)N(C)C)c(C)c1. The van der Waals surface area contributed by atoms with E-state index in [1.165, 1.54) is 0 Å². The number of rotatable bonds is 6. The third-order valence-electron chi connectivity index (χ3n) is 5.23. The Kier molecular flexibility index (Phi) is 6.50. The molecule has 0 aromatic heterocycles. The second-order valence-corrected chi connectivity index (χ2v) is 7.83. The summed E-state index contributed by atoms with van der Waals surface area (Å²) < 4.78 is 6.22. The van der Waals surface area contributed by atoms with Crippen molar-refractivity contribution >= 4 is 5.97 Å². The molecule has 0 heterocycles. The van der Waals surface area contributed by atoms with Gasteiger partial charge in [0.1, 0.15) is 6.10 Å². The fraction of sp³-hybridized carbons (Fsp3) is 0.269. The zero-order chi connectivity index (χ0) is 21.0. The van der Waals surface area contributed by atoms with E-state index in [0.717, 1.165) is 27.8 Å². The maximum atomic E-state index is 13.3. The summed E-state index contributed by atoms with van der Waals surface area (Å²) in [5, 5.41) is 0. The monoisotopic (exact) mass is 387 g/mol. The summed E-state index contributed by atoms with van der Waals surface area (Å²) in [5.74, 6) is -0.281. The number of benzene rings is 3. The van der Waals surface area contributed by atoms with E-state index in [4.69, 9.17) is 4.74 Å². The molecule has 0 fully saturated rings. The summed E-state index contributed by atoms with van der Waals surface area (Å²) in [6.45, 7) is 5.98. The quantitative estimate of drug-likeness (QED) is 0.500. The molecule has 2 atom stereocenters. The molecule has 0 N–H and O–H groups in total. The molecule has 0 aliphatic carbocycles. The van der Waals surface area contributed by atoms with E-state index in [2.05, 4.69) is 17.0 Å². The standard InChI is InChI=1S/C26H29NO2/c1-18-16-19(2)23(20(3)17-18)26(28)29-25(22-14-10-7-11-15-22)24(27(4)5)21-12-8-6-9-13-21/h6-17,24-25H,1-5H3. The molecule has 2 unspecified atom stereocenters. The summed E-state index contributed by atoms with van der Waals surface area (Å²) in [6, 6.07) is 24.1. The number of carbonyl (C=O) groups excluding carboxylic acids is 1. The van der Waals surface area contributed by atoms with Gasteiger partial charge in [0.25, 0.3) is 0 Å². The van der Waals surface area contributed by atoms with Crippen molar-refractivity contribution in [2.24, 2.45) is 0 Å². The smallest absolute Gasteiger partial charge is 0.339 e. The topological polar surface area (TPSA) is 29.5 Å². The van der Waals surface area contributed by atoms with Crippen molar-refractivity contribution in [3.63, 3.8) is 0 Å². The minimum Gasteiger partial charge on any atom is -0.452 e. The highest BCUT2D eigenvalue weighted by atomic mass is 16.5. The van der Waals surface area contributed by atoms with E-state index in [1.54, 1.807) is 0 Å². The van der Waals surface area contributed by atoms with Crippen LogP contribution in [0, 0.1) is 20.8 Å². The van der Waals surface area contributed by atoms with E-state index >= 15 is 0 Å². The van der Waals surface area contributed by atoms with Crippen molar-refractivity contribution in [1.29, 1.82) is 0 Å². The second-order valence-electron chi connectivity index (χ2n) is 7.83. The van der Waals surface area contributed by atoms with Crippen LogP contribution in [0.2, 0.25) is 0 Å². The average Bonchev–Trinajstić information content (AvgIpc) is 2.68. The third-order valence-corrected chi connectivity index (χ3v) is 5.23. The highest BCUT2D eigenvalue weighted by Gasteiger charge is 2.31. The third kappa shape index (κ3) is 4.75. The molecule has 3 heteroatoms. The Morgan fingerprint density at radius 1 is 0.793 bits per heavy atom. The van der Waals surface area contributed by atoms with Gasteiger partial charge < -0.3 is 4.74 Å². The average molecular weight is 388 g/mol. The first kappa shape index (κ1) is 20.8. The van der Waals surface area contributed by atoms with Crippen LogP contribution in [0.3, 0.4) is 0 Å². The maximum absolute atomic E-state index is 13.3. The highest BCUT2D eigenvalue weighted by molar-refractivity contribution is 5.93. The van der Waals surface area contributed by atoms with Crippen molar-refractivity contribution in [2.75, 3.05) is 14.1 Å². The van der Waals surface area contributed by atoms with Crippen molar-refractivity contribution in [3.8, 4) is 0 Å². The molecule has 150 valence electrons. The van der Waals surface area contributed by atoms with Crippen LogP contribution in [0.4, 0.5) is 0 Å². The number of esters is 1. The molecule has 0 saturated heterocycles. The summed E-state index contributed by atoms with van der Waals surface area (Å²) in [4.78, 5) is 15.4. The van der Waals surface area contributed by atoms with E-state index < -0.39 is 6.10 Å². The molecular formula is C26H29NO2. The molecule has 0 spiro atoms. The molecule has 0 aliphatic rings. The lowest BCUT2D eigenvalue weighted by Crippen LogP contribution is -2.29. The van der Waals surface area contributed by atoms with Crippen LogP contribution in [-0.2, 0) is 4.74 Å². The van der Waals surface area contributed by atoms with Gasteiger partial charge in [-0.2, -0.15) is 0 Å². The van der Waals surface area contributed by atoms with Gasteiger partial charge in [-0.15, -0.1) is 0 Å². The maximum Gasteiger partial charge on any atom is 0.339 e. The van der Waals surface area contributed by atoms with E-state index in [9.17, 15) is 4.79 Å². The van der Waals surface area contributed by atoms with Crippen molar-refractivity contribution < 1.29 is 9.53 Å². The summed E-state index contributed by atoms with van der Waals surface area (Å²) in [7, 11) is 4.04. The Morgan fingerprint density at radius 2 is 1.28 bits per heavy atom. The first-order valence-electron chi connectivity index (χ1n) is 9.93. The fourth-order valence-electron chi connectivity index (χ4n) is 4.03. The fourth-order valence-corrected chi connectivity index (χ4v) is 4.03. The molecule has 3 aromatic carbocycles. The number of carbonyl (C=O) groups is 1. The molecular weight excluding hydrogens is 358 g/mol. The van der Waals surface area contributed by atoms with E-state index in [-0.39, 0.29) is 12.0 Å². The number of likely N-dealkylation sites (N-methyl/N-ethyl adjacent to an activating group) is 1. The highest BCUT2D eigenvalue weighted by Crippen LogP contribution is 2.36. The summed E-state index contributed by atoms with van der Waals surface area (Å²) in [5.41, 5.74) is 5.77. The number of hydrogen-bond donors (Lipinski definition) is 0. The minimum absolute atomic E-state index is 0.103. The Labute approximate surface area is 174 Å². The molecule has 3 rings (SSSR count). The van der Waals surface area contributed by atoms with Gasteiger partial charge >= 0.3 is 5.97 Å². The number of aryl methyl sites for hydroxylation is 3. The first-order chi connectivity index (χ1) is 13.9. The van der Waals surface area contributed by atoms with Crippen LogP contribution in [0.15, 0.2) is 72.8 Å². The normalized spacial score (nSPS) is 13.2. The molecule has 0 aliphatic heterocycles. The second kappa shape index (κ2) is 9.06. The summed E-state index contributed by atoms with van der Waals surface area (Å²) >= 11 is 0. The van der Waals surface area contributed by atoms with Crippen LogP contribution < -0.4 is 0 Å². The lowest BCUT2D eigenvalue weighted by atomic mass is 9.94. The van der Waals surface area contributed by atoms with Crippen LogP contribution in [0.1, 0.15) is 50.3 Å². The van der Waals surface area contributed by atoms with Crippen molar-refractivity contribution in [2.45, 2.75) is 32.9 Å². The van der Waals surface area contributed by atoms with Crippen molar-refractivity contribution in [1.82, 2.24) is 4.90 Å². The van der Waals surface area contributed by atoms with Gasteiger partial charge in [0.15, 0.2) is 0 Å².